The second-order valence-corrected chi connectivity index (χ2v) is 4.71. The fourth-order valence-corrected chi connectivity index (χ4v) is 2.35. The highest BCUT2D eigenvalue weighted by molar-refractivity contribution is 7.80. The normalized spacial score (nSPS) is 20.4. The van der Waals surface area contributed by atoms with E-state index < -0.39 is 0 Å². The molecule has 0 saturated heterocycles. The molecule has 0 amide bonds. The van der Waals surface area contributed by atoms with Crippen molar-refractivity contribution in [1.82, 2.24) is 0 Å². The van der Waals surface area contributed by atoms with Crippen LogP contribution in [0.25, 0.3) is 0 Å². The summed E-state index contributed by atoms with van der Waals surface area (Å²) in [6.45, 7) is -0.340. The van der Waals surface area contributed by atoms with Crippen LogP contribution in [0.3, 0.4) is 0 Å². The fraction of sp³-hybridized carbons (Fsp3) is 0.364. The number of hydrogen-bond donors (Lipinski definition) is 1. The van der Waals surface area contributed by atoms with Crippen LogP contribution < -0.4 is 5.32 Å². The van der Waals surface area contributed by atoms with Crippen molar-refractivity contribution < 1.29 is 4.39 Å². The van der Waals surface area contributed by atoms with Crippen LogP contribution in [0.2, 0.25) is 5.02 Å². The van der Waals surface area contributed by atoms with Crippen LogP contribution in [0.4, 0.5) is 10.1 Å². The highest BCUT2D eigenvalue weighted by Crippen LogP contribution is 2.28. The van der Waals surface area contributed by atoms with Crippen molar-refractivity contribution in [3.05, 3.63) is 28.8 Å². The van der Waals surface area contributed by atoms with E-state index in [1.54, 1.807) is 0 Å². The minimum atomic E-state index is -0.340. The van der Waals surface area contributed by atoms with Crippen LogP contribution in [0, 0.1) is 5.92 Å². The molecule has 0 saturated carbocycles. The molecule has 2 rings (SSSR count). The third kappa shape index (κ3) is 2.47. The van der Waals surface area contributed by atoms with E-state index in [1.165, 1.54) is 0 Å². The highest BCUT2D eigenvalue weighted by atomic mass is 35.5. The largest absolute Gasteiger partial charge is 0.350 e. The molecule has 1 N–H and O–H groups in total. The SMILES string of the molecule is FCC1CC(=S)Nc2ccc(Cl)cc2C1. The number of fused-ring (bicyclic) bond motifs is 1. The van der Waals surface area contributed by atoms with Crippen molar-refractivity contribution in [1.29, 1.82) is 0 Å². The Balaban J connectivity index is 2.36. The van der Waals surface area contributed by atoms with Crippen molar-refractivity contribution in [2.24, 2.45) is 5.92 Å². The minimum Gasteiger partial charge on any atom is -0.350 e. The van der Waals surface area contributed by atoms with Gasteiger partial charge in [0.1, 0.15) is 0 Å². The van der Waals surface area contributed by atoms with Gasteiger partial charge in [0.2, 0.25) is 0 Å². The Morgan fingerprint density at radius 1 is 1.47 bits per heavy atom. The second-order valence-electron chi connectivity index (χ2n) is 3.78. The predicted octanol–water partition coefficient (Wildman–Crippen LogP) is 3.61. The maximum atomic E-state index is 12.7. The van der Waals surface area contributed by atoms with Crippen molar-refractivity contribution in [3.63, 3.8) is 0 Å². The molecule has 1 atom stereocenters. The fourth-order valence-electron chi connectivity index (χ4n) is 1.81. The van der Waals surface area contributed by atoms with Crippen molar-refractivity contribution in [2.75, 3.05) is 12.0 Å². The lowest BCUT2D eigenvalue weighted by molar-refractivity contribution is 0.369. The summed E-state index contributed by atoms with van der Waals surface area (Å²) in [5.74, 6) is -0.0234. The Morgan fingerprint density at radius 3 is 3.00 bits per heavy atom. The first-order chi connectivity index (χ1) is 7.19. The van der Waals surface area contributed by atoms with Crippen molar-refractivity contribution in [2.45, 2.75) is 12.8 Å². The van der Waals surface area contributed by atoms with Crippen molar-refractivity contribution in [3.8, 4) is 0 Å². The lowest BCUT2D eigenvalue weighted by atomic mass is 9.98. The number of nitrogens with one attached hydrogen (secondary N) is 1. The lowest BCUT2D eigenvalue weighted by Crippen LogP contribution is -2.12. The number of rotatable bonds is 1. The van der Waals surface area contributed by atoms with Crippen LogP contribution in [-0.4, -0.2) is 11.7 Å². The van der Waals surface area contributed by atoms with E-state index in [4.69, 9.17) is 23.8 Å². The molecule has 1 aliphatic rings. The van der Waals surface area contributed by atoms with Crippen LogP contribution >= 0.6 is 23.8 Å². The minimum absolute atomic E-state index is 0.0234. The summed E-state index contributed by atoms with van der Waals surface area (Å²) >= 11 is 11.0. The molecule has 0 radical (unpaired) electrons. The Labute approximate surface area is 98.6 Å². The quantitative estimate of drug-likeness (QED) is 0.757. The van der Waals surface area contributed by atoms with Gasteiger partial charge in [-0.05, 0) is 36.1 Å². The van der Waals surface area contributed by atoms with Crippen LogP contribution in [0.15, 0.2) is 18.2 Å². The summed E-state index contributed by atoms with van der Waals surface area (Å²) in [5.41, 5.74) is 2.00. The first-order valence-electron chi connectivity index (χ1n) is 4.83. The van der Waals surface area contributed by atoms with Gasteiger partial charge in [-0.15, -0.1) is 0 Å². The van der Waals surface area contributed by atoms with E-state index in [1.807, 2.05) is 18.2 Å². The summed E-state index contributed by atoms with van der Waals surface area (Å²) in [4.78, 5) is 0.707. The highest BCUT2D eigenvalue weighted by Gasteiger charge is 2.19. The maximum absolute atomic E-state index is 12.7. The monoisotopic (exact) mass is 243 g/mol. The van der Waals surface area contributed by atoms with Gasteiger partial charge >= 0.3 is 0 Å². The Kier molecular flexibility index (Phi) is 3.22. The van der Waals surface area contributed by atoms with Gasteiger partial charge in [0.15, 0.2) is 0 Å². The van der Waals surface area contributed by atoms with Gasteiger partial charge in [-0.25, -0.2) is 0 Å². The average molecular weight is 244 g/mol. The van der Waals surface area contributed by atoms with E-state index in [2.05, 4.69) is 5.32 Å². The van der Waals surface area contributed by atoms with Crippen LogP contribution in [0.1, 0.15) is 12.0 Å². The Morgan fingerprint density at radius 2 is 2.27 bits per heavy atom. The van der Waals surface area contributed by atoms with Gasteiger partial charge in [0.05, 0.1) is 11.7 Å². The summed E-state index contributed by atoms with van der Waals surface area (Å²) in [7, 11) is 0. The van der Waals surface area contributed by atoms with Gasteiger partial charge in [-0.1, -0.05) is 23.8 Å². The number of hydrogen-bond acceptors (Lipinski definition) is 1. The zero-order chi connectivity index (χ0) is 10.8. The molecule has 0 spiro atoms. The van der Waals surface area contributed by atoms with E-state index in [9.17, 15) is 4.39 Å². The van der Waals surface area contributed by atoms with E-state index >= 15 is 0 Å². The Hall–Kier alpha value is -0.670. The standard InChI is InChI=1S/C11H11ClFNS/c12-9-1-2-10-8(5-9)3-7(6-13)4-11(15)14-10/h1-2,5,7H,3-4,6H2,(H,14,15). The molecule has 0 fully saturated rings. The van der Waals surface area contributed by atoms with Gasteiger partial charge in [0.25, 0.3) is 0 Å². The third-order valence-corrected chi connectivity index (χ3v) is 3.05. The molecule has 0 aliphatic carbocycles. The topological polar surface area (TPSA) is 12.0 Å². The maximum Gasteiger partial charge on any atom is 0.0929 e. The number of benzene rings is 1. The molecule has 1 unspecified atom stereocenters. The van der Waals surface area contributed by atoms with Gasteiger partial charge in [-0.3, -0.25) is 4.39 Å². The molecule has 1 nitrogen and oxygen atoms in total. The Bertz CT molecular complexity index is 394. The molecule has 80 valence electrons. The number of thiocarbonyl (C=S) groups is 1. The lowest BCUT2D eigenvalue weighted by Gasteiger charge is -2.08. The van der Waals surface area contributed by atoms with E-state index in [-0.39, 0.29) is 12.6 Å². The molecule has 0 bridgehead atoms. The summed E-state index contributed by atoms with van der Waals surface area (Å²) in [6.07, 6.45) is 1.30. The average Bonchev–Trinajstić information content (AvgIpc) is 2.35. The molecule has 4 heteroatoms. The smallest absolute Gasteiger partial charge is 0.0929 e. The van der Waals surface area contributed by atoms with Crippen molar-refractivity contribution >= 4 is 34.5 Å². The first-order valence-corrected chi connectivity index (χ1v) is 5.62. The number of anilines is 1. The van der Waals surface area contributed by atoms with Gasteiger partial charge in [0, 0.05) is 17.1 Å². The van der Waals surface area contributed by atoms with Gasteiger partial charge in [-0.2, -0.15) is 0 Å². The molecular formula is C11H11ClFNS. The first kappa shape index (κ1) is 10.8. The van der Waals surface area contributed by atoms with Crippen LogP contribution in [0.5, 0.6) is 0 Å². The number of halogens is 2. The molecular weight excluding hydrogens is 233 g/mol. The van der Waals surface area contributed by atoms with Gasteiger partial charge < -0.3 is 5.32 Å². The number of alkyl halides is 1. The molecule has 0 aromatic heterocycles. The second kappa shape index (κ2) is 4.45. The molecule has 15 heavy (non-hydrogen) atoms. The van der Waals surface area contributed by atoms with E-state index in [0.29, 0.717) is 22.9 Å². The van der Waals surface area contributed by atoms with Crippen LogP contribution in [-0.2, 0) is 6.42 Å². The zero-order valence-corrected chi connectivity index (χ0v) is 9.67. The predicted molar refractivity (Wildman–Crippen MR) is 65.5 cm³/mol. The summed E-state index contributed by atoms with van der Waals surface area (Å²) in [5, 5.41) is 3.80. The van der Waals surface area contributed by atoms with E-state index in [0.717, 1.165) is 11.3 Å². The molecule has 1 aromatic rings. The summed E-state index contributed by atoms with van der Waals surface area (Å²) < 4.78 is 12.7. The third-order valence-electron chi connectivity index (χ3n) is 2.54. The zero-order valence-electron chi connectivity index (χ0n) is 8.09. The molecule has 1 heterocycles. The molecule has 1 aliphatic heterocycles. The molecule has 1 aromatic carbocycles. The summed E-state index contributed by atoms with van der Waals surface area (Å²) in [6, 6.07) is 5.58.